The van der Waals surface area contributed by atoms with Gasteiger partial charge >= 0.3 is 11.9 Å². The second-order valence-corrected chi connectivity index (χ2v) is 7.91. The molecule has 0 saturated carbocycles. The van der Waals surface area contributed by atoms with Gasteiger partial charge in [0, 0.05) is 17.0 Å². The van der Waals surface area contributed by atoms with E-state index in [0.717, 1.165) is 22.7 Å². The fourth-order valence-electron chi connectivity index (χ4n) is 2.69. The van der Waals surface area contributed by atoms with Gasteiger partial charge in [0.05, 0.1) is 25.5 Å². The molecule has 0 atom stereocenters. The molecule has 11 nitrogen and oxygen atoms in total. The van der Waals surface area contributed by atoms with Gasteiger partial charge in [-0.2, -0.15) is 5.10 Å². The van der Waals surface area contributed by atoms with Crippen LogP contribution in [0.3, 0.4) is 0 Å². The summed E-state index contributed by atoms with van der Waals surface area (Å²) >= 11 is 2.15. The van der Waals surface area contributed by atoms with Gasteiger partial charge in [-0.3, -0.25) is 0 Å². The smallest absolute Gasteiger partial charge is 0.348 e. The lowest BCUT2D eigenvalue weighted by molar-refractivity contribution is 0.0601. The highest BCUT2D eigenvalue weighted by Gasteiger charge is 2.28. The molecule has 0 aliphatic carbocycles. The Hall–Kier alpha value is -3.06. The monoisotopic (exact) mass is 437 g/mol. The Morgan fingerprint density at radius 3 is 2.48 bits per heavy atom. The number of thiophene rings is 1. The Morgan fingerprint density at radius 1 is 1.21 bits per heavy atom. The standard InChI is InChI=1S/C16H19N7O4S2/c1-7-5-8(2)23(21-7)15-19-20-16(22(15)18)28-6-9-10(13(24)26-3)12(17)29-11(9)14(25)27-4/h5H,6,17-18H2,1-4H3. The Bertz CT molecular complexity index is 1090. The molecule has 0 saturated heterocycles. The molecular formula is C16H19N7O4S2. The molecule has 0 unspecified atom stereocenters. The quantitative estimate of drug-likeness (QED) is 0.328. The first kappa shape index (κ1) is 20.7. The van der Waals surface area contributed by atoms with Crippen LogP contribution in [0.4, 0.5) is 5.00 Å². The van der Waals surface area contributed by atoms with Gasteiger partial charge in [-0.15, -0.1) is 21.5 Å². The number of carbonyl (C=O) groups is 2. The fourth-order valence-corrected chi connectivity index (χ4v) is 4.65. The molecule has 3 rings (SSSR count). The molecule has 0 spiro atoms. The number of ether oxygens (including phenoxy) is 2. The zero-order valence-electron chi connectivity index (χ0n) is 16.1. The van der Waals surface area contributed by atoms with E-state index in [9.17, 15) is 9.59 Å². The van der Waals surface area contributed by atoms with E-state index < -0.39 is 11.9 Å². The average molecular weight is 438 g/mol. The van der Waals surface area contributed by atoms with Crippen molar-refractivity contribution in [3.05, 3.63) is 33.5 Å². The number of anilines is 1. The molecule has 0 amide bonds. The van der Waals surface area contributed by atoms with Gasteiger partial charge in [0.2, 0.25) is 5.16 Å². The van der Waals surface area contributed by atoms with E-state index >= 15 is 0 Å². The molecule has 29 heavy (non-hydrogen) atoms. The number of rotatable bonds is 6. The number of hydrogen-bond acceptors (Lipinski definition) is 11. The number of thioether (sulfide) groups is 1. The van der Waals surface area contributed by atoms with Crippen LogP contribution in [0.25, 0.3) is 5.95 Å². The topological polar surface area (TPSA) is 153 Å². The number of carbonyl (C=O) groups excluding carboxylic acids is 2. The van der Waals surface area contributed by atoms with Crippen molar-refractivity contribution < 1.29 is 19.1 Å². The minimum absolute atomic E-state index is 0.132. The molecule has 3 heterocycles. The van der Waals surface area contributed by atoms with Gasteiger partial charge < -0.3 is 21.1 Å². The van der Waals surface area contributed by atoms with E-state index in [1.165, 1.54) is 30.7 Å². The number of hydrogen-bond donors (Lipinski definition) is 2. The molecule has 0 radical (unpaired) electrons. The molecule has 0 fully saturated rings. The summed E-state index contributed by atoms with van der Waals surface area (Å²) in [6.45, 7) is 3.74. The van der Waals surface area contributed by atoms with Crippen molar-refractivity contribution in [3.8, 4) is 5.95 Å². The van der Waals surface area contributed by atoms with E-state index in [0.29, 0.717) is 16.7 Å². The lowest BCUT2D eigenvalue weighted by Crippen LogP contribution is -2.17. The first-order valence-electron chi connectivity index (χ1n) is 8.23. The molecule has 0 aliphatic heterocycles. The summed E-state index contributed by atoms with van der Waals surface area (Å²) < 4.78 is 12.5. The van der Waals surface area contributed by atoms with Crippen LogP contribution >= 0.6 is 23.1 Å². The first-order chi connectivity index (χ1) is 13.8. The molecule has 0 bridgehead atoms. The molecular weight excluding hydrogens is 418 g/mol. The van der Waals surface area contributed by atoms with E-state index in [2.05, 4.69) is 15.3 Å². The average Bonchev–Trinajstić information content (AvgIpc) is 3.33. The Balaban J connectivity index is 1.93. The minimum atomic E-state index is -0.637. The van der Waals surface area contributed by atoms with Crippen molar-refractivity contribution in [3.63, 3.8) is 0 Å². The number of esters is 2. The van der Waals surface area contributed by atoms with Crippen molar-refractivity contribution in [1.29, 1.82) is 0 Å². The largest absolute Gasteiger partial charge is 0.465 e. The van der Waals surface area contributed by atoms with Crippen LogP contribution in [-0.4, -0.2) is 50.8 Å². The second kappa shape index (κ2) is 8.13. The van der Waals surface area contributed by atoms with Crippen LogP contribution in [0.1, 0.15) is 37.0 Å². The van der Waals surface area contributed by atoms with E-state index in [4.69, 9.17) is 21.1 Å². The number of nitrogens with two attached hydrogens (primary N) is 2. The van der Waals surface area contributed by atoms with Crippen LogP contribution in [0.15, 0.2) is 11.2 Å². The molecule has 154 valence electrons. The van der Waals surface area contributed by atoms with Crippen molar-refractivity contribution in [1.82, 2.24) is 24.7 Å². The van der Waals surface area contributed by atoms with Gasteiger partial charge in [0.15, 0.2) is 0 Å². The van der Waals surface area contributed by atoms with Crippen LogP contribution < -0.4 is 11.6 Å². The van der Waals surface area contributed by atoms with Gasteiger partial charge in [-0.1, -0.05) is 11.8 Å². The predicted octanol–water partition coefficient (Wildman–Crippen LogP) is 1.30. The molecule has 13 heteroatoms. The third-order valence-electron chi connectivity index (χ3n) is 3.99. The Kier molecular flexibility index (Phi) is 5.79. The Morgan fingerprint density at radius 2 is 1.90 bits per heavy atom. The predicted molar refractivity (Wildman–Crippen MR) is 108 cm³/mol. The molecule has 3 aromatic rings. The minimum Gasteiger partial charge on any atom is -0.465 e. The maximum atomic E-state index is 12.2. The summed E-state index contributed by atoms with van der Waals surface area (Å²) in [5, 5.41) is 13.0. The maximum absolute atomic E-state index is 12.2. The highest BCUT2D eigenvalue weighted by atomic mass is 32.2. The summed E-state index contributed by atoms with van der Waals surface area (Å²) in [5.41, 5.74) is 8.14. The zero-order chi connectivity index (χ0) is 21.3. The maximum Gasteiger partial charge on any atom is 0.348 e. The summed E-state index contributed by atoms with van der Waals surface area (Å²) in [7, 11) is 2.50. The highest BCUT2D eigenvalue weighted by Crippen LogP contribution is 2.36. The summed E-state index contributed by atoms with van der Waals surface area (Å²) in [6, 6.07) is 1.89. The fraction of sp³-hybridized carbons (Fsp3) is 0.312. The van der Waals surface area contributed by atoms with Crippen molar-refractivity contribution >= 4 is 40.0 Å². The molecule has 0 aliphatic rings. The number of aryl methyl sites for hydroxylation is 2. The van der Waals surface area contributed by atoms with Crippen molar-refractivity contribution in [2.24, 2.45) is 0 Å². The van der Waals surface area contributed by atoms with Crippen molar-refractivity contribution in [2.45, 2.75) is 24.8 Å². The van der Waals surface area contributed by atoms with Gasteiger partial charge in [0.25, 0.3) is 5.95 Å². The SMILES string of the molecule is COC(=O)c1sc(N)c(C(=O)OC)c1CSc1nnc(-n2nc(C)cc2C)n1N. The molecule has 4 N–H and O–H groups in total. The van der Waals surface area contributed by atoms with Gasteiger partial charge in [-0.05, 0) is 19.9 Å². The van der Waals surface area contributed by atoms with Crippen LogP contribution in [-0.2, 0) is 15.2 Å². The van der Waals surface area contributed by atoms with Gasteiger partial charge in [0.1, 0.15) is 9.88 Å². The summed E-state index contributed by atoms with van der Waals surface area (Å²) in [6.07, 6.45) is 0. The van der Waals surface area contributed by atoms with E-state index in [1.54, 1.807) is 4.68 Å². The number of methoxy groups -OCH3 is 2. The third kappa shape index (κ3) is 3.78. The summed E-state index contributed by atoms with van der Waals surface area (Å²) in [5.74, 6) is 5.42. The zero-order valence-corrected chi connectivity index (χ0v) is 17.8. The van der Waals surface area contributed by atoms with Crippen LogP contribution in [0, 0.1) is 13.8 Å². The van der Waals surface area contributed by atoms with E-state index in [1.807, 2.05) is 19.9 Å². The molecule has 0 aromatic carbocycles. The lowest BCUT2D eigenvalue weighted by Gasteiger charge is -2.07. The third-order valence-corrected chi connectivity index (χ3v) is 6.00. The Labute approximate surface area is 173 Å². The van der Waals surface area contributed by atoms with Crippen molar-refractivity contribution in [2.75, 3.05) is 25.8 Å². The number of nitrogen functional groups attached to an aromatic ring is 2. The van der Waals surface area contributed by atoms with Crippen LogP contribution in [0.2, 0.25) is 0 Å². The molecule has 3 aromatic heterocycles. The van der Waals surface area contributed by atoms with Crippen LogP contribution in [0.5, 0.6) is 0 Å². The normalized spacial score (nSPS) is 10.9. The highest BCUT2D eigenvalue weighted by molar-refractivity contribution is 7.98. The lowest BCUT2D eigenvalue weighted by atomic mass is 10.1. The van der Waals surface area contributed by atoms with Gasteiger partial charge in [-0.25, -0.2) is 18.9 Å². The summed E-state index contributed by atoms with van der Waals surface area (Å²) in [4.78, 5) is 24.5. The number of nitrogens with zero attached hydrogens (tertiary/aromatic N) is 5. The number of aromatic nitrogens is 5. The van der Waals surface area contributed by atoms with E-state index in [-0.39, 0.29) is 21.2 Å². The second-order valence-electron chi connectivity index (χ2n) is 5.91. The first-order valence-corrected chi connectivity index (χ1v) is 10.0.